The topological polar surface area (TPSA) is 58.2 Å². The van der Waals surface area contributed by atoms with Gasteiger partial charge in [-0.1, -0.05) is 66.7 Å². The van der Waals surface area contributed by atoms with Gasteiger partial charge in [-0.05, 0) is 34.4 Å². The number of rotatable bonds is 6. The molecule has 0 saturated carbocycles. The maximum atomic E-state index is 12.3. The number of anilines is 1. The van der Waals surface area contributed by atoms with Crippen molar-refractivity contribution in [2.45, 2.75) is 12.8 Å². The highest BCUT2D eigenvalue weighted by Gasteiger charge is 2.06. The van der Waals surface area contributed by atoms with Crippen molar-refractivity contribution in [1.82, 2.24) is 5.32 Å². The zero-order chi connectivity index (χ0) is 19.1. The van der Waals surface area contributed by atoms with Gasteiger partial charge in [0.05, 0.1) is 12.8 Å². The Morgan fingerprint density at radius 2 is 1.19 bits per heavy atom. The number of benzene rings is 3. The largest absolute Gasteiger partial charge is 0.359 e. The Balaban J connectivity index is 1.57. The summed E-state index contributed by atoms with van der Waals surface area (Å²) >= 11 is 0. The second kappa shape index (κ2) is 8.81. The average Bonchev–Trinajstić information content (AvgIpc) is 2.70. The van der Waals surface area contributed by atoms with Gasteiger partial charge in [-0.3, -0.25) is 9.59 Å². The molecule has 0 aliphatic rings. The van der Waals surface area contributed by atoms with Gasteiger partial charge >= 0.3 is 0 Å². The van der Waals surface area contributed by atoms with E-state index >= 15 is 0 Å². The van der Waals surface area contributed by atoms with Crippen LogP contribution in [0.5, 0.6) is 0 Å². The highest BCUT2D eigenvalue weighted by Crippen LogP contribution is 2.19. The molecule has 27 heavy (non-hydrogen) atoms. The van der Waals surface area contributed by atoms with Crippen molar-refractivity contribution in [3.8, 4) is 11.1 Å². The van der Waals surface area contributed by atoms with Gasteiger partial charge in [-0.15, -0.1) is 0 Å². The van der Waals surface area contributed by atoms with E-state index in [-0.39, 0.29) is 11.8 Å². The molecule has 136 valence electrons. The molecule has 2 N–H and O–H groups in total. The lowest BCUT2D eigenvalue weighted by molar-refractivity contribution is -0.120. The van der Waals surface area contributed by atoms with Gasteiger partial charge < -0.3 is 10.6 Å². The van der Waals surface area contributed by atoms with Gasteiger partial charge in [0.2, 0.25) is 11.8 Å². The van der Waals surface area contributed by atoms with Gasteiger partial charge in [0.25, 0.3) is 0 Å². The summed E-state index contributed by atoms with van der Waals surface area (Å²) in [5.74, 6) is -0.104. The summed E-state index contributed by atoms with van der Waals surface area (Å²) in [6.07, 6.45) is 0.646. The third-order valence-corrected chi connectivity index (χ3v) is 4.31. The van der Waals surface area contributed by atoms with Crippen LogP contribution in [0, 0.1) is 0 Å². The Labute approximate surface area is 159 Å². The van der Waals surface area contributed by atoms with Crippen molar-refractivity contribution in [1.29, 1.82) is 0 Å². The molecule has 4 heteroatoms. The van der Waals surface area contributed by atoms with Gasteiger partial charge in [0.15, 0.2) is 0 Å². The number of nitrogens with one attached hydrogen (secondary N) is 2. The molecule has 0 aromatic heterocycles. The fourth-order valence-electron chi connectivity index (χ4n) is 2.82. The number of carbonyl (C=O) groups is 2. The first kappa shape index (κ1) is 18.4. The fourth-order valence-corrected chi connectivity index (χ4v) is 2.82. The number of hydrogen-bond donors (Lipinski definition) is 2. The second-order valence-electron chi connectivity index (χ2n) is 6.33. The molecule has 0 atom stereocenters. The van der Waals surface area contributed by atoms with Crippen LogP contribution >= 0.6 is 0 Å². The molecule has 0 aliphatic carbocycles. The van der Waals surface area contributed by atoms with Crippen molar-refractivity contribution in [3.05, 3.63) is 90.0 Å². The summed E-state index contributed by atoms with van der Waals surface area (Å²) in [6.45, 7) is 0. The van der Waals surface area contributed by atoms with Crippen LogP contribution in [0.4, 0.5) is 5.69 Å². The first-order valence-corrected chi connectivity index (χ1v) is 8.88. The predicted octanol–water partition coefficient (Wildman–Crippen LogP) is 3.82. The summed E-state index contributed by atoms with van der Waals surface area (Å²) in [6, 6.07) is 25.5. The molecule has 0 heterocycles. The minimum absolute atomic E-state index is 0.0364. The lowest BCUT2D eigenvalue weighted by Gasteiger charge is -2.08. The molecule has 0 spiro atoms. The first-order valence-electron chi connectivity index (χ1n) is 8.88. The molecule has 0 radical (unpaired) electrons. The number of likely N-dealkylation sites (N-methyl/N-ethyl adjacent to an activating group) is 1. The summed E-state index contributed by atoms with van der Waals surface area (Å²) in [4.78, 5) is 23.7. The Hall–Kier alpha value is -3.40. The van der Waals surface area contributed by atoms with Gasteiger partial charge in [-0.25, -0.2) is 0 Å². The molecule has 0 fully saturated rings. The molecule has 3 rings (SSSR count). The summed E-state index contributed by atoms with van der Waals surface area (Å²) in [7, 11) is 1.61. The Morgan fingerprint density at radius 3 is 1.78 bits per heavy atom. The monoisotopic (exact) mass is 358 g/mol. The van der Waals surface area contributed by atoms with Gasteiger partial charge in [0.1, 0.15) is 0 Å². The van der Waals surface area contributed by atoms with Crippen LogP contribution in [-0.2, 0) is 22.4 Å². The zero-order valence-electron chi connectivity index (χ0n) is 15.2. The molecule has 0 unspecified atom stereocenters. The van der Waals surface area contributed by atoms with E-state index in [1.165, 1.54) is 0 Å². The van der Waals surface area contributed by atoms with E-state index in [2.05, 4.69) is 22.8 Å². The van der Waals surface area contributed by atoms with Crippen LogP contribution in [0.3, 0.4) is 0 Å². The predicted molar refractivity (Wildman–Crippen MR) is 108 cm³/mol. The summed E-state index contributed by atoms with van der Waals surface area (Å²) in [5.41, 5.74) is 4.88. The van der Waals surface area contributed by atoms with Crippen molar-refractivity contribution >= 4 is 17.5 Å². The normalized spacial score (nSPS) is 10.3. The highest BCUT2D eigenvalue weighted by molar-refractivity contribution is 5.92. The van der Waals surface area contributed by atoms with Crippen LogP contribution < -0.4 is 10.6 Å². The fraction of sp³-hybridized carbons (Fsp3) is 0.130. The van der Waals surface area contributed by atoms with E-state index in [0.717, 1.165) is 27.9 Å². The van der Waals surface area contributed by atoms with E-state index in [1.807, 2.05) is 66.7 Å². The molecule has 2 amide bonds. The van der Waals surface area contributed by atoms with Crippen molar-refractivity contribution < 1.29 is 9.59 Å². The van der Waals surface area contributed by atoms with Crippen LogP contribution in [0.15, 0.2) is 78.9 Å². The van der Waals surface area contributed by atoms with E-state index < -0.39 is 0 Å². The smallest absolute Gasteiger partial charge is 0.228 e. The molecule has 3 aromatic rings. The molecule has 0 saturated heterocycles. The minimum atomic E-state index is -0.0680. The van der Waals surface area contributed by atoms with Crippen LogP contribution in [0.2, 0.25) is 0 Å². The summed E-state index contributed by atoms with van der Waals surface area (Å²) in [5, 5.41) is 5.48. The third kappa shape index (κ3) is 5.28. The Bertz CT molecular complexity index is 901. The third-order valence-electron chi connectivity index (χ3n) is 4.31. The Morgan fingerprint density at radius 1 is 0.667 bits per heavy atom. The van der Waals surface area contributed by atoms with Crippen LogP contribution in [-0.4, -0.2) is 18.9 Å². The zero-order valence-corrected chi connectivity index (χ0v) is 15.2. The molecule has 0 aliphatic heterocycles. The van der Waals surface area contributed by atoms with E-state index in [9.17, 15) is 9.59 Å². The molecule has 4 nitrogen and oxygen atoms in total. The number of amides is 2. The van der Waals surface area contributed by atoms with Crippen LogP contribution in [0.1, 0.15) is 11.1 Å². The van der Waals surface area contributed by atoms with Gasteiger partial charge in [-0.2, -0.15) is 0 Å². The average molecular weight is 358 g/mol. The van der Waals surface area contributed by atoms with E-state index in [1.54, 1.807) is 7.05 Å². The minimum Gasteiger partial charge on any atom is -0.359 e. The molecular formula is C23H22N2O2. The number of hydrogen-bond acceptors (Lipinski definition) is 2. The Kier molecular flexibility index (Phi) is 6.00. The first-order chi connectivity index (χ1) is 13.1. The molecular weight excluding hydrogens is 336 g/mol. The maximum absolute atomic E-state index is 12.3. The second-order valence-corrected chi connectivity index (χ2v) is 6.33. The van der Waals surface area contributed by atoms with Crippen molar-refractivity contribution in [2.75, 3.05) is 12.4 Å². The lowest BCUT2D eigenvalue weighted by atomic mass is 10.0. The SMILES string of the molecule is CNC(=O)Cc1ccc(NC(=O)Cc2ccc(-c3ccccc3)cc2)cc1. The standard InChI is InChI=1S/C23H22N2O2/c1-24-22(26)15-18-9-13-21(14-10-18)25-23(27)16-17-7-11-20(12-8-17)19-5-3-2-4-6-19/h2-14H,15-16H2,1H3,(H,24,26)(H,25,27). The molecule has 3 aromatic carbocycles. The van der Waals surface area contributed by atoms with E-state index in [4.69, 9.17) is 0 Å². The summed E-state index contributed by atoms with van der Waals surface area (Å²) < 4.78 is 0. The maximum Gasteiger partial charge on any atom is 0.228 e. The van der Waals surface area contributed by atoms with Crippen molar-refractivity contribution in [3.63, 3.8) is 0 Å². The quantitative estimate of drug-likeness (QED) is 0.704. The highest BCUT2D eigenvalue weighted by atomic mass is 16.2. The van der Waals surface area contributed by atoms with Gasteiger partial charge in [0, 0.05) is 12.7 Å². The van der Waals surface area contributed by atoms with E-state index in [0.29, 0.717) is 12.8 Å². The van der Waals surface area contributed by atoms with Crippen LogP contribution in [0.25, 0.3) is 11.1 Å². The molecule has 0 bridgehead atoms. The lowest BCUT2D eigenvalue weighted by Crippen LogP contribution is -2.20. The van der Waals surface area contributed by atoms with Crippen molar-refractivity contribution in [2.24, 2.45) is 0 Å². The number of carbonyl (C=O) groups excluding carboxylic acids is 2.